The minimum Gasteiger partial charge on any atom is -0.326 e. The summed E-state index contributed by atoms with van der Waals surface area (Å²) in [6.07, 6.45) is 2.66. The number of thioether (sulfide) groups is 1. The van der Waals surface area contributed by atoms with E-state index < -0.39 is 0 Å². The zero-order valence-electron chi connectivity index (χ0n) is 11.1. The summed E-state index contributed by atoms with van der Waals surface area (Å²) >= 11 is 11.3. The van der Waals surface area contributed by atoms with E-state index in [-0.39, 0.29) is 11.3 Å². The van der Waals surface area contributed by atoms with Crippen LogP contribution in [-0.4, -0.2) is 11.0 Å². The smallest absolute Gasteiger partial charge is 0.115 e. The Hall–Kier alpha value is -0.550. The van der Waals surface area contributed by atoms with Crippen molar-refractivity contribution in [3.8, 4) is 0 Å². The summed E-state index contributed by atoms with van der Waals surface area (Å²) in [7, 11) is 0. The largest absolute Gasteiger partial charge is 0.326 e. The molecule has 0 aliphatic rings. The predicted octanol–water partition coefficient (Wildman–Crippen LogP) is 5.07. The molecule has 1 heterocycles. The molecule has 0 radical (unpaired) electrons. The number of nitrogens with zero attached hydrogens (tertiary/aromatic N) is 1. The maximum atomic E-state index is 6.28. The Morgan fingerprint density at radius 3 is 2.60 bits per heavy atom. The van der Waals surface area contributed by atoms with Gasteiger partial charge in [-0.05, 0) is 36.2 Å². The summed E-state index contributed by atoms with van der Waals surface area (Å²) in [4.78, 5) is 4.34. The van der Waals surface area contributed by atoms with Crippen LogP contribution in [0.25, 0.3) is 0 Å². The number of hydrogen-bond acceptors (Lipinski definition) is 3. The topological polar surface area (TPSA) is 38.9 Å². The molecule has 0 amide bonds. The van der Waals surface area contributed by atoms with Gasteiger partial charge in [0.2, 0.25) is 0 Å². The molecular formula is C15H16BrClN2S. The van der Waals surface area contributed by atoms with Gasteiger partial charge in [-0.2, -0.15) is 0 Å². The van der Waals surface area contributed by atoms with Gasteiger partial charge in [0, 0.05) is 16.7 Å². The Morgan fingerprint density at radius 1 is 1.30 bits per heavy atom. The molecule has 0 bridgehead atoms. The van der Waals surface area contributed by atoms with Gasteiger partial charge in [0.25, 0.3) is 0 Å². The number of aromatic nitrogens is 1. The predicted molar refractivity (Wildman–Crippen MR) is 90.3 cm³/mol. The standard InChI is InChI=1S/C15H16BrClN2S/c1-2-13(18)14(10-5-7-11(16)8-6-10)20-15-12(17)4-3-9-19-15/h3-9,13-14H,2,18H2,1H3. The van der Waals surface area contributed by atoms with Crippen molar-refractivity contribution in [2.45, 2.75) is 29.7 Å². The van der Waals surface area contributed by atoms with Crippen LogP contribution in [0.4, 0.5) is 0 Å². The molecule has 5 heteroatoms. The first-order valence-corrected chi connectivity index (χ1v) is 8.45. The van der Waals surface area contributed by atoms with Crippen molar-refractivity contribution in [2.75, 3.05) is 0 Å². The van der Waals surface area contributed by atoms with Crippen molar-refractivity contribution >= 4 is 39.3 Å². The fraction of sp³-hybridized carbons (Fsp3) is 0.267. The van der Waals surface area contributed by atoms with Crippen LogP contribution in [0.3, 0.4) is 0 Å². The molecule has 0 aliphatic heterocycles. The fourth-order valence-corrected chi connectivity index (χ4v) is 3.57. The van der Waals surface area contributed by atoms with E-state index >= 15 is 0 Å². The van der Waals surface area contributed by atoms with E-state index in [2.05, 4.69) is 40.0 Å². The van der Waals surface area contributed by atoms with Gasteiger partial charge in [-0.3, -0.25) is 0 Å². The maximum absolute atomic E-state index is 6.28. The number of benzene rings is 1. The SMILES string of the molecule is CCC(N)C(Sc1ncccc1Cl)c1ccc(Br)cc1. The Bertz CT molecular complexity index is 562. The van der Waals surface area contributed by atoms with Crippen LogP contribution in [-0.2, 0) is 0 Å². The van der Waals surface area contributed by atoms with Gasteiger partial charge in [-0.25, -0.2) is 4.98 Å². The molecule has 2 rings (SSSR count). The molecule has 0 spiro atoms. The molecule has 0 saturated heterocycles. The molecule has 1 aromatic heterocycles. The molecule has 0 saturated carbocycles. The molecule has 0 aliphatic carbocycles. The zero-order chi connectivity index (χ0) is 14.5. The van der Waals surface area contributed by atoms with Crippen LogP contribution < -0.4 is 5.73 Å². The van der Waals surface area contributed by atoms with Gasteiger partial charge in [-0.15, -0.1) is 0 Å². The van der Waals surface area contributed by atoms with E-state index in [1.807, 2.05) is 24.3 Å². The second-order valence-electron chi connectivity index (χ2n) is 4.45. The van der Waals surface area contributed by atoms with Gasteiger partial charge in [0.15, 0.2) is 0 Å². The van der Waals surface area contributed by atoms with E-state index in [4.69, 9.17) is 17.3 Å². The van der Waals surface area contributed by atoms with E-state index in [1.165, 1.54) is 5.56 Å². The highest BCUT2D eigenvalue weighted by molar-refractivity contribution is 9.10. The Kier molecular flexibility index (Phi) is 5.90. The van der Waals surface area contributed by atoms with Crippen molar-refractivity contribution in [2.24, 2.45) is 5.73 Å². The highest BCUT2D eigenvalue weighted by Gasteiger charge is 2.21. The third kappa shape index (κ3) is 3.98. The van der Waals surface area contributed by atoms with E-state index in [1.54, 1.807) is 18.0 Å². The van der Waals surface area contributed by atoms with Crippen molar-refractivity contribution < 1.29 is 0 Å². The van der Waals surface area contributed by atoms with Crippen LogP contribution in [0.15, 0.2) is 52.1 Å². The summed E-state index contributed by atoms with van der Waals surface area (Å²) in [5.74, 6) is 0. The molecule has 2 atom stereocenters. The molecule has 2 nitrogen and oxygen atoms in total. The lowest BCUT2D eigenvalue weighted by atomic mass is 10.0. The number of halogens is 2. The number of rotatable bonds is 5. The molecule has 1 aromatic carbocycles. The molecule has 2 unspecified atom stereocenters. The minimum atomic E-state index is 0.0549. The van der Waals surface area contributed by atoms with Gasteiger partial charge in [0.1, 0.15) is 5.03 Å². The fourth-order valence-electron chi connectivity index (χ4n) is 1.85. The maximum Gasteiger partial charge on any atom is 0.115 e. The van der Waals surface area contributed by atoms with Crippen molar-refractivity contribution in [3.63, 3.8) is 0 Å². The molecule has 106 valence electrons. The Balaban J connectivity index is 2.29. The van der Waals surface area contributed by atoms with Crippen LogP contribution in [0.5, 0.6) is 0 Å². The zero-order valence-corrected chi connectivity index (χ0v) is 14.3. The average molecular weight is 372 g/mol. The van der Waals surface area contributed by atoms with Gasteiger partial charge >= 0.3 is 0 Å². The molecule has 20 heavy (non-hydrogen) atoms. The first-order valence-electron chi connectivity index (χ1n) is 6.40. The third-order valence-corrected chi connectivity index (χ3v) is 5.39. The Morgan fingerprint density at radius 2 is 2.00 bits per heavy atom. The number of hydrogen-bond donors (Lipinski definition) is 1. The summed E-state index contributed by atoms with van der Waals surface area (Å²) in [5.41, 5.74) is 7.47. The minimum absolute atomic E-state index is 0.0549. The highest BCUT2D eigenvalue weighted by atomic mass is 79.9. The summed E-state index contributed by atoms with van der Waals surface area (Å²) in [5, 5.41) is 1.63. The Labute approximate surface area is 137 Å². The second-order valence-corrected chi connectivity index (χ2v) is 6.91. The van der Waals surface area contributed by atoms with Crippen molar-refractivity contribution in [1.29, 1.82) is 0 Å². The van der Waals surface area contributed by atoms with Gasteiger partial charge in [-0.1, -0.05) is 58.3 Å². The molecule has 2 N–H and O–H groups in total. The van der Waals surface area contributed by atoms with E-state index in [0.29, 0.717) is 5.02 Å². The van der Waals surface area contributed by atoms with Crippen LogP contribution in [0, 0.1) is 0 Å². The summed E-state index contributed by atoms with van der Waals surface area (Å²) in [6, 6.07) is 12.0. The monoisotopic (exact) mass is 370 g/mol. The highest BCUT2D eigenvalue weighted by Crippen LogP contribution is 2.40. The lowest BCUT2D eigenvalue weighted by molar-refractivity contribution is 0.633. The number of nitrogens with two attached hydrogens (primary N) is 1. The van der Waals surface area contributed by atoms with Crippen LogP contribution >= 0.6 is 39.3 Å². The van der Waals surface area contributed by atoms with Crippen LogP contribution in [0.1, 0.15) is 24.2 Å². The normalized spacial score (nSPS) is 14.0. The number of pyridine rings is 1. The summed E-state index contributed by atoms with van der Waals surface area (Å²) < 4.78 is 1.06. The average Bonchev–Trinajstić information content (AvgIpc) is 2.47. The lowest BCUT2D eigenvalue weighted by Crippen LogP contribution is -2.25. The van der Waals surface area contributed by atoms with Gasteiger partial charge < -0.3 is 5.73 Å². The van der Waals surface area contributed by atoms with Gasteiger partial charge in [0.05, 0.1) is 10.3 Å². The van der Waals surface area contributed by atoms with Crippen molar-refractivity contribution in [1.82, 2.24) is 4.98 Å². The molecular weight excluding hydrogens is 356 g/mol. The molecule has 2 aromatic rings. The van der Waals surface area contributed by atoms with E-state index in [0.717, 1.165) is 15.9 Å². The lowest BCUT2D eigenvalue weighted by Gasteiger charge is -2.23. The first kappa shape index (κ1) is 15.8. The molecule has 0 fully saturated rings. The van der Waals surface area contributed by atoms with Crippen molar-refractivity contribution in [3.05, 3.63) is 57.7 Å². The second kappa shape index (κ2) is 7.46. The first-order chi connectivity index (χ1) is 9.61. The third-order valence-electron chi connectivity index (χ3n) is 3.02. The summed E-state index contributed by atoms with van der Waals surface area (Å²) in [6.45, 7) is 2.09. The van der Waals surface area contributed by atoms with Crippen LogP contribution in [0.2, 0.25) is 5.02 Å². The van der Waals surface area contributed by atoms with E-state index in [9.17, 15) is 0 Å². The quantitative estimate of drug-likeness (QED) is 0.746.